The third-order valence-corrected chi connectivity index (χ3v) is 2.64. The van der Waals surface area contributed by atoms with E-state index in [0.717, 1.165) is 5.39 Å². The number of nitrogens with zero attached hydrogens (tertiary/aromatic N) is 2. The second-order valence-electron chi connectivity index (χ2n) is 3.98. The van der Waals surface area contributed by atoms with Gasteiger partial charge < -0.3 is 14.8 Å². The monoisotopic (exact) mass is 270 g/mol. The second kappa shape index (κ2) is 4.88. The first-order valence-electron chi connectivity index (χ1n) is 5.78. The highest BCUT2D eigenvalue weighted by Crippen LogP contribution is 2.26. The van der Waals surface area contributed by atoms with Gasteiger partial charge >= 0.3 is 6.09 Å². The highest BCUT2D eigenvalue weighted by atomic mass is 16.5. The largest absolute Gasteiger partial charge is 0.465 e. The van der Waals surface area contributed by atoms with Crippen LogP contribution in [-0.2, 0) is 0 Å². The zero-order valence-corrected chi connectivity index (χ0v) is 10.2. The summed E-state index contributed by atoms with van der Waals surface area (Å²) in [5.41, 5.74) is 1.17. The Balaban J connectivity index is 1.84. The minimum absolute atomic E-state index is 0.440. The number of ether oxygens (including phenoxy) is 1. The van der Waals surface area contributed by atoms with Gasteiger partial charge in [0.15, 0.2) is 0 Å². The third kappa shape index (κ3) is 2.37. The van der Waals surface area contributed by atoms with Crippen molar-refractivity contribution >= 4 is 22.8 Å². The Hall–Kier alpha value is -3.09. The molecule has 0 atom stereocenters. The van der Waals surface area contributed by atoms with Crippen LogP contribution in [0.25, 0.3) is 11.0 Å². The number of aromatic nitrogens is 3. The topological polar surface area (TPSA) is 100 Å². The fraction of sp³-hybridized carbons (Fsp3) is 0. The van der Waals surface area contributed by atoms with Crippen LogP contribution in [0.1, 0.15) is 0 Å². The van der Waals surface area contributed by atoms with Gasteiger partial charge in [-0.25, -0.2) is 14.8 Å². The molecule has 0 fully saturated rings. The standard InChI is InChI=1S/C13H10N4O3/c18-13(19)17-8-1-3-9(4-2-8)20-12-10-5-6-14-11(10)15-7-16-12/h1-7,17H,(H,18,19)(H,14,15,16). The van der Waals surface area contributed by atoms with E-state index >= 15 is 0 Å². The van der Waals surface area contributed by atoms with Crippen LogP contribution in [0.3, 0.4) is 0 Å². The Morgan fingerprint density at radius 3 is 2.75 bits per heavy atom. The molecular formula is C13H10N4O3. The molecule has 100 valence electrons. The number of anilines is 1. The average molecular weight is 270 g/mol. The summed E-state index contributed by atoms with van der Waals surface area (Å²) in [5.74, 6) is 0.998. The van der Waals surface area contributed by atoms with E-state index in [1.165, 1.54) is 6.33 Å². The van der Waals surface area contributed by atoms with Gasteiger partial charge in [0.05, 0.1) is 5.39 Å². The molecule has 0 radical (unpaired) electrons. The smallest absolute Gasteiger partial charge is 0.409 e. The minimum Gasteiger partial charge on any atom is -0.465 e. The van der Waals surface area contributed by atoms with Gasteiger partial charge in [-0.1, -0.05) is 0 Å². The number of nitrogens with one attached hydrogen (secondary N) is 2. The van der Waals surface area contributed by atoms with Crippen molar-refractivity contribution in [3.05, 3.63) is 42.9 Å². The Morgan fingerprint density at radius 2 is 2.00 bits per heavy atom. The molecule has 0 aliphatic carbocycles. The van der Waals surface area contributed by atoms with Crippen LogP contribution in [0.5, 0.6) is 11.6 Å². The molecule has 1 aromatic carbocycles. The normalized spacial score (nSPS) is 10.4. The van der Waals surface area contributed by atoms with Crippen LogP contribution in [-0.4, -0.2) is 26.2 Å². The zero-order chi connectivity index (χ0) is 13.9. The number of hydrogen-bond acceptors (Lipinski definition) is 4. The van der Waals surface area contributed by atoms with Crippen molar-refractivity contribution in [3.63, 3.8) is 0 Å². The van der Waals surface area contributed by atoms with Crippen LogP contribution in [0.4, 0.5) is 10.5 Å². The molecule has 0 spiro atoms. The fourth-order valence-corrected chi connectivity index (χ4v) is 1.77. The summed E-state index contributed by atoms with van der Waals surface area (Å²) in [6, 6.07) is 8.36. The Morgan fingerprint density at radius 1 is 1.20 bits per heavy atom. The van der Waals surface area contributed by atoms with Crippen molar-refractivity contribution in [1.82, 2.24) is 15.0 Å². The third-order valence-electron chi connectivity index (χ3n) is 2.64. The molecule has 0 bridgehead atoms. The second-order valence-corrected chi connectivity index (χ2v) is 3.98. The Kier molecular flexibility index (Phi) is 2.92. The molecule has 3 N–H and O–H groups in total. The molecular weight excluding hydrogens is 260 g/mol. The van der Waals surface area contributed by atoms with Gasteiger partial charge in [-0.15, -0.1) is 0 Å². The van der Waals surface area contributed by atoms with E-state index in [2.05, 4.69) is 20.3 Å². The number of carboxylic acid groups (broad SMARTS) is 1. The van der Waals surface area contributed by atoms with Gasteiger partial charge in [-0.05, 0) is 30.3 Å². The Labute approximate surface area is 113 Å². The van der Waals surface area contributed by atoms with Gasteiger partial charge in [0.2, 0.25) is 5.88 Å². The summed E-state index contributed by atoms with van der Waals surface area (Å²) in [6.07, 6.45) is 2.06. The minimum atomic E-state index is -1.11. The van der Waals surface area contributed by atoms with Crippen molar-refractivity contribution in [2.24, 2.45) is 0 Å². The highest BCUT2D eigenvalue weighted by molar-refractivity contribution is 5.83. The molecule has 7 nitrogen and oxygen atoms in total. The van der Waals surface area contributed by atoms with Crippen LogP contribution in [0.15, 0.2) is 42.9 Å². The molecule has 0 unspecified atom stereocenters. The van der Waals surface area contributed by atoms with Crippen molar-refractivity contribution in [1.29, 1.82) is 0 Å². The molecule has 2 aromatic heterocycles. The van der Waals surface area contributed by atoms with Gasteiger partial charge in [0, 0.05) is 11.9 Å². The zero-order valence-electron chi connectivity index (χ0n) is 10.2. The molecule has 2 heterocycles. The van der Waals surface area contributed by atoms with Gasteiger partial charge in [-0.2, -0.15) is 0 Å². The van der Waals surface area contributed by atoms with E-state index in [4.69, 9.17) is 9.84 Å². The van der Waals surface area contributed by atoms with E-state index in [1.54, 1.807) is 30.5 Å². The lowest BCUT2D eigenvalue weighted by Crippen LogP contribution is -2.06. The van der Waals surface area contributed by atoms with Crippen molar-refractivity contribution in [2.75, 3.05) is 5.32 Å². The van der Waals surface area contributed by atoms with Gasteiger partial charge in [-0.3, -0.25) is 5.32 Å². The van der Waals surface area contributed by atoms with Gasteiger partial charge in [0.25, 0.3) is 0 Å². The molecule has 0 aliphatic rings. The summed E-state index contributed by atoms with van der Waals surface area (Å²) in [4.78, 5) is 21.6. The maximum absolute atomic E-state index is 10.5. The lowest BCUT2D eigenvalue weighted by atomic mass is 10.3. The maximum Gasteiger partial charge on any atom is 0.409 e. The first kappa shape index (κ1) is 12.0. The predicted molar refractivity (Wildman–Crippen MR) is 72.1 cm³/mol. The van der Waals surface area contributed by atoms with Crippen LogP contribution < -0.4 is 10.1 Å². The number of rotatable bonds is 3. The number of fused-ring (bicyclic) bond motifs is 1. The Bertz CT molecular complexity index is 752. The molecule has 20 heavy (non-hydrogen) atoms. The summed E-state index contributed by atoms with van der Waals surface area (Å²) < 4.78 is 5.66. The molecule has 3 aromatic rings. The van der Waals surface area contributed by atoms with Crippen LogP contribution >= 0.6 is 0 Å². The number of H-pyrrole nitrogens is 1. The quantitative estimate of drug-likeness (QED) is 0.679. The number of aromatic amines is 1. The van der Waals surface area contributed by atoms with Crippen LogP contribution in [0, 0.1) is 0 Å². The molecule has 7 heteroatoms. The lowest BCUT2D eigenvalue weighted by molar-refractivity contribution is 0.209. The molecule has 1 amide bonds. The summed E-state index contributed by atoms with van der Waals surface area (Å²) in [5, 5.41) is 11.6. The number of carbonyl (C=O) groups is 1. The molecule has 0 saturated carbocycles. The summed E-state index contributed by atoms with van der Waals surface area (Å²) >= 11 is 0. The van der Waals surface area contributed by atoms with Crippen molar-refractivity contribution in [2.45, 2.75) is 0 Å². The molecule has 0 aliphatic heterocycles. The van der Waals surface area contributed by atoms with E-state index in [1.807, 2.05) is 6.07 Å². The van der Waals surface area contributed by atoms with E-state index < -0.39 is 6.09 Å². The van der Waals surface area contributed by atoms with E-state index in [9.17, 15) is 4.79 Å². The van der Waals surface area contributed by atoms with Crippen molar-refractivity contribution in [3.8, 4) is 11.6 Å². The summed E-state index contributed by atoms with van der Waals surface area (Å²) in [7, 11) is 0. The summed E-state index contributed by atoms with van der Waals surface area (Å²) in [6.45, 7) is 0. The lowest BCUT2D eigenvalue weighted by Gasteiger charge is -2.06. The van der Waals surface area contributed by atoms with Crippen molar-refractivity contribution < 1.29 is 14.6 Å². The first-order chi connectivity index (χ1) is 9.72. The average Bonchev–Trinajstić information content (AvgIpc) is 2.90. The fourth-order valence-electron chi connectivity index (χ4n) is 1.77. The van der Waals surface area contributed by atoms with Crippen LogP contribution in [0.2, 0.25) is 0 Å². The molecule has 3 rings (SSSR count). The van der Waals surface area contributed by atoms with E-state index in [0.29, 0.717) is 23.0 Å². The number of benzene rings is 1. The van der Waals surface area contributed by atoms with Gasteiger partial charge in [0.1, 0.15) is 17.7 Å². The first-order valence-corrected chi connectivity index (χ1v) is 5.78. The van der Waals surface area contributed by atoms with E-state index in [-0.39, 0.29) is 0 Å². The SMILES string of the molecule is O=C(O)Nc1ccc(Oc2ncnc3[nH]ccc23)cc1. The highest BCUT2D eigenvalue weighted by Gasteiger charge is 2.07. The predicted octanol–water partition coefficient (Wildman–Crippen LogP) is 2.84. The molecule has 0 saturated heterocycles. The maximum atomic E-state index is 10.5. The number of hydrogen-bond donors (Lipinski definition) is 3. The number of amides is 1.